The first-order valence-corrected chi connectivity index (χ1v) is 11.5. The van der Waals surface area contributed by atoms with Gasteiger partial charge in [0.2, 0.25) is 0 Å². The monoisotopic (exact) mass is 501 g/mol. The second-order valence-electron chi connectivity index (χ2n) is 7.52. The number of carbonyl (C=O) groups is 4. The number of hydrogen-bond donors (Lipinski definition) is 1. The first-order chi connectivity index (χ1) is 16.6. The lowest BCUT2D eigenvalue weighted by atomic mass is 10.1. The van der Waals surface area contributed by atoms with Crippen LogP contribution in [-0.2, 0) is 30.3 Å². The van der Waals surface area contributed by atoms with Crippen LogP contribution in [0.1, 0.15) is 55.9 Å². The van der Waals surface area contributed by atoms with Crippen molar-refractivity contribution in [2.45, 2.75) is 40.7 Å². The number of carbonyl (C=O) groups excluding carboxylic acids is 4. The second kappa shape index (κ2) is 12.0. The molecule has 0 saturated carbocycles. The molecule has 10 nitrogen and oxygen atoms in total. The maximum atomic E-state index is 12.4. The number of ether oxygens (including phenoxy) is 3. The van der Waals surface area contributed by atoms with Crippen molar-refractivity contribution < 1.29 is 33.4 Å². The Kier molecular flexibility index (Phi) is 9.36. The molecular formula is C24H27N3O7S. The number of aromatic nitrogens is 1. The molecule has 186 valence electrons. The molecule has 0 atom stereocenters. The summed E-state index contributed by atoms with van der Waals surface area (Å²) >= 11 is 0.833. The molecule has 2 heterocycles. The van der Waals surface area contributed by atoms with Crippen molar-refractivity contribution in [3.63, 3.8) is 0 Å². The third-order valence-corrected chi connectivity index (χ3v) is 6.38. The summed E-state index contributed by atoms with van der Waals surface area (Å²) in [5, 5.41) is 11.9. The van der Waals surface area contributed by atoms with Crippen molar-refractivity contribution in [2.75, 3.05) is 26.1 Å². The molecule has 0 saturated heterocycles. The summed E-state index contributed by atoms with van der Waals surface area (Å²) in [4.78, 5) is 49.1. The Labute approximate surface area is 207 Å². The van der Waals surface area contributed by atoms with E-state index in [-0.39, 0.29) is 26.6 Å². The quantitative estimate of drug-likeness (QED) is 0.238. The third kappa shape index (κ3) is 6.16. The van der Waals surface area contributed by atoms with Crippen LogP contribution in [0.2, 0.25) is 0 Å². The maximum Gasteiger partial charge on any atom is 0.349 e. The molecule has 0 fully saturated rings. The van der Waals surface area contributed by atoms with Crippen molar-refractivity contribution >= 4 is 46.2 Å². The minimum absolute atomic E-state index is 0.00220. The number of rotatable bonds is 9. The molecule has 0 bridgehead atoms. The van der Waals surface area contributed by atoms with E-state index in [0.29, 0.717) is 5.56 Å². The molecule has 1 amide bonds. The van der Waals surface area contributed by atoms with Crippen LogP contribution in [0, 0.1) is 32.1 Å². The average Bonchev–Trinajstić information content (AvgIpc) is 3.30. The highest BCUT2D eigenvalue weighted by atomic mass is 32.1. The highest BCUT2D eigenvalue weighted by Crippen LogP contribution is 2.34. The van der Waals surface area contributed by atoms with Gasteiger partial charge in [0.15, 0.2) is 6.61 Å². The lowest BCUT2D eigenvalue weighted by molar-refractivity contribution is -0.142. The number of nitrogens with zero attached hydrogens (tertiary/aromatic N) is 2. The smallest absolute Gasteiger partial charge is 0.349 e. The van der Waals surface area contributed by atoms with Crippen LogP contribution in [0.4, 0.5) is 5.00 Å². The van der Waals surface area contributed by atoms with Crippen molar-refractivity contribution in [3.8, 4) is 6.07 Å². The molecular weight excluding hydrogens is 474 g/mol. The van der Waals surface area contributed by atoms with Gasteiger partial charge >= 0.3 is 17.9 Å². The number of amides is 1. The number of anilines is 1. The Hall–Kier alpha value is -3.91. The molecule has 0 aromatic carbocycles. The van der Waals surface area contributed by atoms with Gasteiger partial charge in [-0.25, -0.2) is 14.4 Å². The molecule has 0 aliphatic rings. The van der Waals surface area contributed by atoms with Gasteiger partial charge in [-0.05, 0) is 50.5 Å². The molecule has 0 aliphatic heterocycles. The number of thiophene rings is 1. The zero-order chi connectivity index (χ0) is 26.3. The van der Waals surface area contributed by atoms with Crippen molar-refractivity contribution in [2.24, 2.45) is 0 Å². The van der Waals surface area contributed by atoms with Gasteiger partial charge in [0.05, 0.1) is 19.8 Å². The zero-order valence-electron chi connectivity index (χ0n) is 20.4. The van der Waals surface area contributed by atoms with Gasteiger partial charge in [-0.15, -0.1) is 11.3 Å². The lowest BCUT2D eigenvalue weighted by Gasteiger charge is -2.08. The highest BCUT2D eigenvalue weighted by molar-refractivity contribution is 7.18. The van der Waals surface area contributed by atoms with Gasteiger partial charge in [0.1, 0.15) is 21.5 Å². The number of nitrogens with one attached hydrogen (secondary N) is 1. The summed E-state index contributed by atoms with van der Waals surface area (Å²) in [5.74, 6) is -3.16. The molecule has 2 rings (SSSR count). The minimum Gasteiger partial charge on any atom is -0.465 e. The van der Waals surface area contributed by atoms with Crippen molar-refractivity contribution in [1.29, 1.82) is 5.26 Å². The number of hydrogen-bond acceptors (Lipinski definition) is 9. The van der Waals surface area contributed by atoms with Gasteiger partial charge in [0.25, 0.3) is 5.91 Å². The summed E-state index contributed by atoms with van der Waals surface area (Å²) in [7, 11) is 2.36. The highest BCUT2D eigenvalue weighted by Gasteiger charge is 2.27. The first-order valence-electron chi connectivity index (χ1n) is 10.6. The van der Waals surface area contributed by atoms with Crippen LogP contribution in [0.5, 0.6) is 0 Å². The average molecular weight is 502 g/mol. The van der Waals surface area contributed by atoms with E-state index < -0.39 is 30.4 Å². The van der Waals surface area contributed by atoms with E-state index in [1.165, 1.54) is 27.2 Å². The largest absolute Gasteiger partial charge is 0.465 e. The maximum absolute atomic E-state index is 12.4. The molecule has 0 spiro atoms. The van der Waals surface area contributed by atoms with Crippen LogP contribution in [0.25, 0.3) is 6.08 Å². The minimum atomic E-state index is -0.964. The van der Waals surface area contributed by atoms with Crippen LogP contribution < -0.4 is 5.32 Å². The Bertz CT molecular complexity index is 1230. The van der Waals surface area contributed by atoms with E-state index in [0.717, 1.165) is 35.7 Å². The van der Waals surface area contributed by atoms with E-state index in [1.807, 2.05) is 26.0 Å². The number of esters is 3. The molecule has 0 unspecified atom stereocenters. The molecule has 11 heteroatoms. The Balaban J connectivity index is 2.17. The fourth-order valence-corrected chi connectivity index (χ4v) is 4.57. The van der Waals surface area contributed by atoms with Crippen LogP contribution in [0.15, 0.2) is 11.6 Å². The first kappa shape index (κ1) is 27.3. The molecule has 2 aromatic heterocycles. The number of nitriles is 1. The number of aryl methyl sites for hydroxylation is 1. The summed E-state index contributed by atoms with van der Waals surface area (Å²) in [5.41, 5.74) is 2.65. The zero-order valence-corrected chi connectivity index (χ0v) is 21.3. The van der Waals surface area contributed by atoms with Crippen LogP contribution in [-0.4, -0.2) is 49.2 Å². The van der Waals surface area contributed by atoms with Gasteiger partial charge in [-0.1, -0.05) is 6.92 Å². The molecule has 2 aromatic rings. The standard InChI is InChI=1S/C24H27N3O7S/c1-7-8-27-13(2)9-16(15(27)4)10-17(11-25)22(29)34-12-18(28)26-21-19(23(30)32-5)14(3)20(35-21)24(31)33-6/h9-10H,7-8,12H2,1-6H3,(H,26,28). The fraction of sp³-hybridized carbons (Fsp3) is 0.375. The molecule has 35 heavy (non-hydrogen) atoms. The van der Waals surface area contributed by atoms with Crippen molar-refractivity contribution in [1.82, 2.24) is 4.57 Å². The number of methoxy groups -OCH3 is 2. The van der Waals surface area contributed by atoms with Crippen LogP contribution in [0.3, 0.4) is 0 Å². The van der Waals surface area contributed by atoms with Crippen LogP contribution >= 0.6 is 11.3 Å². The fourth-order valence-electron chi connectivity index (χ4n) is 3.44. The second-order valence-corrected chi connectivity index (χ2v) is 8.54. The summed E-state index contributed by atoms with van der Waals surface area (Å²) in [6.45, 7) is 7.51. The summed E-state index contributed by atoms with van der Waals surface area (Å²) in [6, 6.07) is 3.68. The van der Waals surface area contributed by atoms with E-state index in [2.05, 4.69) is 16.8 Å². The Morgan fingerprint density at radius 1 is 1.14 bits per heavy atom. The summed E-state index contributed by atoms with van der Waals surface area (Å²) in [6.07, 6.45) is 2.36. The normalized spacial score (nSPS) is 10.9. The molecule has 1 N–H and O–H groups in total. The van der Waals surface area contributed by atoms with E-state index in [1.54, 1.807) is 0 Å². The van der Waals surface area contributed by atoms with Gasteiger partial charge in [-0.3, -0.25) is 4.79 Å². The Morgan fingerprint density at radius 2 is 1.80 bits per heavy atom. The third-order valence-electron chi connectivity index (χ3n) is 5.19. The van der Waals surface area contributed by atoms with E-state index in [9.17, 15) is 24.4 Å². The predicted octanol–water partition coefficient (Wildman–Crippen LogP) is 3.55. The Morgan fingerprint density at radius 3 is 2.37 bits per heavy atom. The molecule has 0 radical (unpaired) electrons. The SMILES string of the molecule is CCCn1c(C)cc(C=C(C#N)C(=O)OCC(=O)Nc2sc(C(=O)OC)c(C)c2C(=O)OC)c1C. The van der Waals surface area contributed by atoms with Crippen molar-refractivity contribution in [3.05, 3.63) is 44.6 Å². The summed E-state index contributed by atoms with van der Waals surface area (Å²) < 4.78 is 16.5. The van der Waals surface area contributed by atoms with E-state index in [4.69, 9.17) is 14.2 Å². The lowest BCUT2D eigenvalue weighted by Crippen LogP contribution is -2.22. The predicted molar refractivity (Wildman–Crippen MR) is 129 cm³/mol. The topological polar surface area (TPSA) is 137 Å². The van der Waals surface area contributed by atoms with E-state index >= 15 is 0 Å². The van der Waals surface area contributed by atoms with Gasteiger partial charge in [0, 0.05) is 17.9 Å². The molecule has 0 aliphatic carbocycles. The van der Waals surface area contributed by atoms with Gasteiger partial charge in [-0.2, -0.15) is 5.26 Å². The van der Waals surface area contributed by atoms with Gasteiger partial charge < -0.3 is 24.1 Å².